The highest BCUT2D eigenvalue weighted by molar-refractivity contribution is 5.76. The molecule has 0 amide bonds. The molecule has 120 valence electrons. The molecule has 1 aliphatic heterocycles. The minimum Gasteiger partial charge on any atom is -0.461 e. The van der Waals surface area contributed by atoms with Crippen LogP contribution < -0.4 is 0 Å². The summed E-state index contributed by atoms with van der Waals surface area (Å²) in [6, 6.07) is 0. The largest absolute Gasteiger partial charge is 0.461 e. The van der Waals surface area contributed by atoms with Gasteiger partial charge in [-0.3, -0.25) is 9.59 Å². The van der Waals surface area contributed by atoms with Crippen LogP contribution in [0.15, 0.2) is 23.3 Å². The summed E-state index contributed by atoms with van der Waals surface area (Å²) in [6.45, 7) is 6.88. The lowest BCUT2D eigenvalue weighted by Gasteiger charge is -2.35. The molecule has 0 aromatic heterocycles. The summed E-state index contributed by atoms with van der Waals surface area (Å²) in [5.74, 6) is -1.58. The second-order valence-corrected chi connectivity index (χ2v) is 6.89. The number of hydrogen-bond acceptors (Lipinski definition) is 5. The van der Waals surface area contributed by atoms with Crippen LogP contribution in [0.4, 0.5) is 0 Å². The normalized spacial score (nSPS) is 43.5. The van der Waals surface area contributed by atoms with Gasteiger partial charge in [0.15, 0.2) is 0 Å². The molecule has 22 heavy (non-hydrogen) atoms. The highest BCUT2D eigenvalue weighted by Gasteiger charge is 2.57. The van der Waals surface area contributed by atoms with Gasteiger partial charge in [-0.25, -0.2) is 0 Å². The molecule has 1 fully saturated rings. The zero-order chi connectivity index (χ0) is 16.2. The van der Waals surface area contributed by atoms with E-state index in [0.717, 1.165) is 11.1 Å². The van der Waals surface area contributed by atoms with Crippen molar-refractivity contribution in [3.05, 3.63) is 23.3 Å². The van der Waals surface area contributed by atoms with Crippen LogP contribution in [0.1, 0.15) is 34.1 Å². The number of rotatable bonds is 1. The summed E-state index contributed by atoms with van der Waals surface area (Å²) in [5, 5.41) is 10.7. The SMILES string of the molecule is CC(=O)O[C@@H]1C=C(C)C2=CC[C@](C)(O)[C@@H]2[C@H]2OC(=O)[C@@H](C)[C@@H]21. The zero-order valence-corrected chi connectivity index (χ0v) is 13.3. The average Bonchev–Trinajstić information content (AvgIpc) is 2.81. The fraction of sp³-hybridized carbons (Fsp3) is 0.647. The Morgan fingerprint density at radius 1 is 1.50 bits per heavy atom. The highest BCUT2D eigenvalue weighted by Crippen LogP contribution is 2.50. The quantitative estimate of drug-likeness (QED) is 0.747. The van der Waals surface area contributed by atoms with Crippen LogP contribution in [-0.2, 0) is 19.1 Å². The lowest BCUT2D eigenvalue weighted by Crippen LogP contribution is -2.44. The maximum absolute atomic E-state index is 12.1. The molecule has 3 rings (SSSR count). The van der Waals surface area contributed by atoms with E-state index in [1.807, 2.05) is 19.1 Å². The molecule has 0 spiro atoms. The van der Waals surface area contributed by atoms with Gasteiger partial charge in [0.25, 0.3) is 0 Å². The van der Waals surface area contributed by atoms with Crippen LogP contribution in [0.25, 0.3) is 0 Å². The first-order chi connectivity index (χ1) is 10.2. The first-order valence-corrected chi connectivity index (χ1v) is 7.71. The first kappa shape index (κ1) is 15.3. The summed E-state index contributed by atoms with van der Waals surface area (Å²) >= 11 is 0. The monoisotopic (exact) mass is 306 g/mol. The van der Waals surface area contributed by atoms with Crippen molar-refractivity contribution in [1.29, 1.82) is 0 Å². The molecule has 0 unspecified atom stereocenters. The Morgan fingerprint density at radius 2 is 2.18 bits per heavy atom. The van der Waals surface area contributed by atoms with Crippen molar-refractivity contribution in [3.8, 4) is 0 Å². The van der Waals surface area contributed by atoms with Crippen LogP contribution in [0.5, 0.6) is 0 Å². The van der Waals surface area contributed by atoms with Gasteiger partial charge in [0.05, 0.1) is 23.4 Å². The topological polar surface area (TPSA) is 72.8 Å². The van der Waals surface area contributed by atoms with Crippen molar-refractivity contribution in [3.63, 3.8) is 0 Å². The number of carbonyl (C=O) groups is 2. The van der Waals surface area contributed by atoms with Crippen LogP contribution in [-0.4, -0.2) is 34.9 Å². The van der Waals surface area contributed by atoms with Gasteiger partial charge in [-0.2, -0.15) is 0 Å². The predicted octanol–water partition coefficient (Wildman–Crippen LogP) is 1.75. The van der Waals surface area contributed by atoms with E-state index < -0.39 is 17.8 Å². The third kappa shape index (κ3) is 2.19. The van der Waals surface area contributed by atoms with E-state index in [1.165, 1.54) is 6.92 Å². The third-order valence-electron chi connectivity index (χ3n) is 5.20. The van der Waals surface area contributed by atoms with E-state index in [9.17, 15) is 14.7 Å². The molecule has 0 radical (unpaired) electrons. The van der Waals surface area contributed by atoms with Gasteiger partial charge in [-0.15, -0.1) is 0 Å². The molecule has 1 saturated heterocycles. The van der Waals surface area contributed by atoms with Gasteiger partial charge in [0.1, 0.15) is 12.2 Å². The molecular formula is C17H22O5. The summed E-state index contributed by atoms with van der Waals surface area (Å²) in [4.78, 5) is 23.5. The van der Waals surface area contributed by atoms with Crippen molar-refractivity contribution in [1.82, 2.24) is 0 Å². The molecule has 0 bridgehead atoms. The van der Waals surface area contributed by atoms with Gasteiger partial charge in [-0.1, -0.05) is 13.0 Å². The van der Waals surface area contributed by atoms with Crippen molar-refractivity contribution in [2.75, 3.05) is 0 Å². The number of esters is 2. The fourth-order valence-electron chi connectivity index (χ4n) is 4.12. The Balaban J connectivity index is 2.09. The minimum atomic E-state index is -0.956. The van der Waals surface area contributed by atoms with Crippen molar-refractivity contribution < 1.29 is 24.2 Å². The van der Waals surface area contributed by atoms with Gasteiger partial charge in [0.2, 0.25) is 0 Å². The zero-order valence-electron chi connectivity index (χ0n) is 13.3. The molecule has 1 N–H and O–H groups in total. The predicted molar refractivity (Wildman–Crippen MR) is 78.7 cm³/mol. The molecule has 5 nitrogen and oxygen atoms in total. The van der Waals surface area contributed by atoms with Gasteiger partial charge in [-0.05, 0) is 37.5 Å². The summed E-state index contributed by atoms with van der Waals surface area (Å²) in [6.07, 6.45) is 3.45. The number of hydrogen-bond donors (Lipinski definition) is 1. The van der Waals surface area contributed by atoms with Crippen LogP contribution in [0.2, 0.25) is 0 Å². The molecule has 6 atom stereocenters. The Hall–Kier alpha value is -1.62. The standard InChI is InChI=1S/C17H22O5/c1-8-7-12(21-10(3)18)13-9(2)16(19)22-15(13)14-11(8)5-6-17(14,4)20/h5,7,9,12-15,20H,6H2,1-4H3/t9-,12+,13+,14-,15-,17-/m0/s1. The molecule has 0 aromatic carbocycles. The van der Waals surface area contributed by atoms with E-state index >= 15 is 0 Å². The number of fused-ring (bicyclic) bond motifs is 3. The Kier molecular flexibility index (Phi) is 3.44. The van der Waals surface area contributed by atoms with Crippen molar-refractivity contribution >= 4 is 11.9 Å². The Labute approximate surface area is 130 Å². The molecule has 1 heterocycles. The molecule has 0 saturated carbocycles. The number of aliphatic hydroxyl groups is 1. The number of allylic oxidation sites excluding steroid dienone is 1. The fourth-order valence-corrected chi connectivity index (χ4v) is 4.12. The Morgan fingerprint density at radius 3 is 2.82 bits per heavy atom. The Bertz CT molecular complexity index is 586. The van der Waals surface area contributed by atoms with Gasteiger partial charge >= 0.3 is 11.9 Å². The maximum atomic E-state index is 12.1. The van der Waals surface area contributed by atoms with E-state index in [4.69, 9.17) is 9.47 Å². The number of ether oxygens (including phenoxy) is 2. The first-order valence-electron chi connectivity index (χ1n) is 7.71. The van der Waals surface area contributed by atoms with E-state index in [2.05, 4.69) is 0 Å². The summed E-state index contributed by atoms with van der Waals surface area (Å²) < 4.78 is 11.1. The molecule has 5 heteroatoms. The second-order valence-electron chi connectivity index (χ2n) is 6.89. The third-order valence-corrected chi connectivity index (χ3v) is 5.20. The van der Waals surface area contributed by atoms with Gasteiger partial charge < -0.3 is 14.6 Å². The average molecular weight is 306 g/mol. The number of carbonyl (C=O) groups excluding carboxylic acids is 2. The molecule has 3 aliphatic rings. The van der Waals surface area contributed by atoms with Crippen molar-refractivity contribution in [2.24, 2.45) is 17.8 Å². The van der Waals surface area contributed by atoms with Crippen molar-refractivity contribution in [2.45, 2.75) is 51.9 Å². The summed E-state index contributed by atoms with van der Waals surface area (Å²) in [5.41, 5.74) is 1.02. The van der Waals surface area contributed by atoms with E-state index in [1.54, 1.807) is 13.8 Å². The molecular weight excluding hydrogens is 284 g/mol. The smallest absolute Gasteiger partial charge is 0.309 e. The van der Waals surface area contributed by atoms with E-state index in [-0.39, 0.29) is 29.7 Å². The van der Waals surface area contributed by atoms with E-state index in [0.29, 0.717) is 6.42 Å². The molecule has 2 aliphatic carbocycles. The minimum absolute atomic E-state index is 0.271. The van der Waals surface area contributed by atoms with Gasteiger partial charge in [0, 0.05) is 6.92 Å². The van der Waals surface area contributed by atoms with Crippen LogP contribution in [0.3, 0.4) is 0 Å². The van der Waals surface area contributed by atoms with Crippen LogP contribution >= 0.6 is 0 Å². The van der Waals surface area contributed by atoms with Crippen LogP contribution in [0, 0.1) is 17.8 Å². The highest BCUT2D eigenvalue weighted by atomic mass is 16.6. The maximum Gasteiger partial charge on any atom is 0.309 e. The lowest BCUT2D eigenvalue weighted by atomic mass is 9.76. The second kappa shape index (κ2) is 4.95. The lowest BCUT2D eigenvalue weighted by molar-refractivity contribution is -0.149. The summed E-state index contributed by atoms with van der Waals surface area (Å²) in [7, 11) is 0. The molecule has 0 aromatic rings.